The lowest BCUT2D eigenvalue weighted by atomic mass is 9.92. The van der Waals surface area contributed by atoms with Crippen molar-refractivity contribution in [1.29, 1.82) is 0 Å². The van der Waals surface area contributed by atoms with Crippen molar-refractivity contribution in [2.45, 2.75) is 93.2 Å². The van der Waals surface area contributed by atoms with Crippen LogP contribution in [-0.2, 0) is 6.54 Å². The molecular weight excluding hydrogens is 434 g/mol. The molecule has 0 atom stereocenters. The van der Waals surface area contributed by atoms with Crippen LogP contribution in [0.4, 0.5) is 5.69 Å². The average molecular weight is 476 g/mol. The van der Waals surface area contributed by atoms with E-state index >= 15 is 0 Å². The van der Waals surface area contributed by atoms with Crippen LogP contribution in [0.15, 0.2) is 23.0 Å². The first-order chi connectivity index (χ1) is 16.5. The number of hydrogen-bond acceptors (Lipinski definition) is 3. The highest BCUT2D eigenvalue weighted by Gasteiger charge is 2.24. The molecule has 1 saturated carbocycles. The van der Waals surface area contributed by atoms with E-state index in [2.05, 4.69) is 60.8 Å². The maximum atomic E-state index is 13.4. The number of rotatable bonds is 6. The lowest BCUT2D eigenvalue weighted by molar-refractivity contribution is 0.0950. The minimum Gasteiger partial charge on any atom is -0.369 e. The Morgan fingerprint density at radius 3 is 2.40 bits per heavy atom. The molecule has 0 bridgehead atoms. The summed E-state index contributed by atoms with van der Waals surface area (Å²) < 4.78 is 0. The van der Waals surface area contributed by atoms with E-state index in [1.807, 2.05) is 32.9 Å². The van der Waals surface area contributed by atoms with Gasteiger partial charge in [0.25, 0.3) is 11.5 Å². The van der Waals surface area contributed by atoms with Gasteiger partial charge in [0, 0.05) is 52.6 Å². The molecule has 5 nitrogen and oxygen atoms in total. The summed E-state index contributed by atoms with van der Waals surface area (Å²) in [4.78, 5) is 31.2. The van der Waals surface area contributed by atoms with Gasteiger partial charge in [-0.3, -0.25) is 9.59 Å². The number of benzene rings is 1. The van der Waals surface area contributed by atoms with Crippen molar-refractivity contribution in [3.63, 3.8) is 0 Å². The molecule has 0 spiro atoms. The predicted molar refractivity (Wildman–Crippen MR) is 145 cm³/mol. The summed E-state index contributed by atoms with van der Waals surface area (Å²) in [6, 6.07) is 6.46. The monoisotopic (exact) mass is 475 g/mol. The van der Waals surface area contributed by atoms with E-state index in [1.54, 1.807) is 0 Å². The molecule has 0 unspecified atom stereocenters. The zero-order valence-electron chi connectivity index (χ0n) is 22.5. The molecule has 1 aromatic carbocycles. The summed E-state index contributed by atoms with van der Waals surface area (Å²) >= 11 is 0. The van der Waals surface area contributed by atoms with Gasteiger partial charge in [-0.05, 0) is 90.6 Å². The number of anilines is 1. The van der Waals surface area contributed by atoms with Crippen molar-refractivity contribution < 1.29 is 4.79 Å². The smallest absolute Gasteiger partial charge is 0.253 e. The van der Waals surface area contributed by atoms with Crippen molar-refractivity contribution in [3.05, 3.63) is 62.1 Å². The first-order valence-corrected chi connectivity index (χ1v) is 12.9. The Morgan fingerprint density at radius 1 is 1.11 bits per heavy atom. The van der Waals surface area contributed by atoms with E-state index in [9.17, 15) is 9.59 Å². The number of nitrogens with zero attached hydrogens (tertiary/aromatic N) is 1. The fourth-order valence-corrected chi connectivity index (χ4v) is 4.95. The first kappa shape index (κ1) is 26.6. The van der Waals surface area contributed by atoms with Gasteiger partial charge in [0.15, 0.2) is 0 Å². The summed E-state index contributed by atoms with van der Waals surface area (Å²) in [5.74, 6) is 6.46. The highest BCUT2D eigenvalue weighted by molar-refractivity contribution is 5.97. The highest BCUT2D eigenvalue weighted by Crippen LogP contribution is 2.32. The van der Waals surface area contributed by atoms with Crippen molar-refractivity contribution in [3.8, 4) is 11.8 Å². The van der Waals surface area contributed by atoms with E-state index < -0.39 is 0 Å². The molecule has 1 aliphatic carbocycles. The quantitative estimate of drug-likeness (QED) is 0.520. The van der Waals surface area contributed by atoms with Gasteiger partial charge < -0.3 is 15.2 Å². The second-order valence-corrected chi connectivity index (χ2v) is 10.9. The minimum absolute atomic E-state index is 0.134. The Morgan fingerprint density at radius 2 is 1.80 bits per heavy atom. The molecule has 35 heavy (non-hydrogen) atoms. The molecule has 1 aromatic heterocycles. The summed E-state index contributed by atoms with van der Waals surface area (Å²) in [5, 5.41) is 2.99. The Balaban J connectivity index is 2.00. The second kappa shape index (κ2) is 11.2. The zero-order valence-corrected chi connectivity index (χ0v) is 22.5. The van der Waals surface area contributed by atoms with E-state index in [1.165, 1.54) is 32.1 Å². The van der Waals surface area contributed by atoms with Gasteiger partial charge in [-0.15, -0.1) is 0 Å². The van der Waals surface area contributed by atoms with Gasteiger partial charge in [-0.1, -0.05) is 31.1 Å². The molecule has 0 saturated heterocycles. The number of carbonyl (C=O) groups is 1. The van der Waals surface area contributed by atoms with Crippen LogP contribution >= 0.6 is 0 Å². The number of aromatic nitrogens is 1. The Bertz CT molecular complexity index is 1190. The van der Waals surface area contributed by atoms with E-state index in [0.717, 1.165) is 34.6 Å². The van der Waals surface area contributed by atoms with Gasteiger partial charge in [0.2, 0.25) is 0 Å². The Labute approximate surface area is 210 Å². The zero-order chi connectivity index (χ0) is 25.8. The summed E-state index contributed by atoms with van der Waals surface area (Å²) in [6.07, 6.45) is 6.17. The molecule has 2 N–H and O–H groups in total. The van der Waals surface area contributed by atoms with Crippen LogP contribution in [0.1, 0.15) is 98.1 Å². The molecule has 3 rings (SSSR count). The molecule has 188 valence electrons. The molecule has 1 aliphatic rings. The van der Waals surface area contributed by atoms with Gasteiger partial charge in [0.05, 0.1) is 0 Å². The topological polar surface area (TPSA) is 65.2 Å². The Kier molecular flexibility index (Phi) is 8.48. The normalized spacial score (nSPS) is 14.3. The second-order valence-electron chi connectivity index (χ2n) is 10.9. The number of H-pyrrole nitrogens is 1. The SMILES string of the molecule is CCN(c1cc(C#CC(C)(C)C)cc(C(=O)NCc2c(C)cc(C)[nH]c2=O)c1C)C1CCCCC1. The highest BCUT2D eigenvalue weighted by atomic mass is 16.1. The third kappa shape index (κ3) is 6.78. The van der Waals surface area contributed by atoms with Crippen molar-refractivity contribution in [2.24, 2.45) is 5.41 Å². The van der Waals surface area contributed by atoms with Crippen LogP contribution < -0.4 is 15.8 Å². The van der Waals surface area contributed by atoms with Crippen molar-refractivity contribution in [2.75, 3.05) is 11.4 Å². The maximum Gasteiger partial charge on any atom is 0.253 e. The number of aryl methyl sites for hydroxylation is 2. The lowest BCUT2D eigenvalue weighted by Crippen LogP contribution is -2.37. The third-order valence-corrected chi connectivity index (χ3v) is 6.79. The average Bonchev–Trinajstić information content (AvgIpc) is 2.79. The van der Waals surface area contributed by atoms with Gasteiger partial charge in [0.1, 0.15) is 0 Å². The maximum absolute atomic E-state index is 13.4. The first-order valence-electron chi connectivity index (χ1n) is 12.9. The molecule has 1 fully saturated rings. The van der Waals surface area contributed by atoms with Gasteiger partial charge >= 0.3 is 0 Å². The summed E-state index contributed by atoms with van der Waals surface area (Å²) in [7, 11) is 0. The van der Waals surface area contributed by atoms with Crippen molar-refractivity contribution >= 4 is 11.6 Å². The molecule has 0 aliphatic heterocycles. The standard InChI is InChI=1S/C30H41N3O2/c1-8-33(24-12-10-9-11-13-24)27-18-23(14-15-30(5,6)7)17-25(22(27)4)28(34)31-19-26-20(2)16-21(3)32-29(26)35/h16-18,24H,8-13,19H2,1-7H3,(H,31,34)(H,32,35). The van der Waals surface area contributed by atoms with Gasteiger partial charge in [-0.25, -0.2) is 0 Å². The third-order valence-electron chi connectivity index (χ3n) is 6.79. The fraction of sp³-hybridized carbons (Fsp3) is 0.533. The van der Waals surface area contributed by atoms with Crippen LogP contribution in [-0.4, -0.2) is 23.5 Å². The summed E-state index contributed by atoms with van der Waals surface area (Å²) in [5.41, 5.74) is 5.52. The largest absolute Gasteiger partial charge is 0.369 e. The summed E-state index contributed by atoms with van der Waals surface area (Å²) in [6.45, 7) is 15.3. The predicted octanol–water partition coefficient (Wildman–Crippen LogP) is 5.79. The van der Waals surface area contributed by atoms with Crippen LogP contribution in [0.3, 0.4) is 0 Å². The number of aromatic amines is 1. The fourth-order valence-electron chi connectivity index (χ4n) is 4.95. The number of hydrogen-bond donors (Lipinski definition) is 2. The van der Waals surface area contributed by atoms with E-state index in [0.29, 0.717) is 17.2 Å². The molecule has 2 aromatic rings. The van der Waals surface area contributed by atoms with Crippen LogP contribution in [0.5, 0.6) is 0 Å². The molecule has 5 heteroatoms. The lowest BCUT2D eigenvalue weighted by Gasteiger charge is -2.37. The number of nitrogens with one attached hydrogen (secondary N) is 2. The Hall–Kier alpha value is -3.00. The molecular formula is C30H41N3O2. The van der Waals surface area contributed by atoms with E-state index in [-0.39, 0.29) is 23.4 Å². The number of carbonyl (C=O) groups excluding carboxylic acids is 1. The number of pyridine rings is 1. The van der Waals surface area contributed by atoms with E-state index in [4.69, 9.17) is 0 Å². The number of amides is 1. The minimum atomic E-state index is -0.178. The van der Waals surface area contributed by atoms with Gasteiger partial charge in [-0.2, -0.15) is 0 Å². The van der Waals surface area contributed by atoms with Crippen molar-refractivity contribution in [1.82, 2.24) is 10.3 Å². The van der Waals surface area contributed by atoms with Crippen LogP contribution in [0.25, 0.3) is 0 Å². The molecule has 0 radical (unpaired) electrons. The van der Waals surface area contributed by atoms with Crippen LogP contribution in [0, 0.1) is 38.0 Å². The molecule has 1 heterocycles. The van der Waals surface area contributed by atoms with Crippen LogP contribution in [0.2, 0.25) is 0 Å². The molecule has 1 amide bonds.